The van der Waals surface area contributed by atoms with Crippen LogP contribution in [0.3, 0.4) is 0 Å². The summed E-state index contributed by atoms with van der Waals surface area (Å²) in [6.07, 6.45) is 6.06. The molecule has 1 atom stereocenters. The summed E-state index contributed by atoms with van der Waals surface area (Å²) in [5.41, 5.74) is 4.02. The van der Waals surface area contributed by atoms with E-state index < -0.39 is 0 Å². The number of benzene rings is 1. The minimum Gasteiger partial charge on any atom is -0.456 e. The Morgan fingerprint density at radius 2 is 2.09 bits per heavy atom. The maximum absolute atomic E-state index is 13.3. The fourth-order valence-electron chi connectivity index (χ4n) is 5.94. The van der Waals surface area contributed by atoms with Crippen LogP contribution in [0.2, 0.25) is 0 Å². The lowest BCUT2D eigenvalue weighted by Crippen LogP contribution is -2.42. The average molecular weight is 435 g/mol. The first kappa shape index (κ1) is 19.6. The quantitative estimate of drug-likeness (QED) is 0.625. The summed E-state index contributed by atoms with van der Waals surface area (Å²) in [7, 11) is 0. The fourth-order valence-corrected chi connectivity index (χ4v) is 5.94. The topological polar surface area (TPSA) is 102 Å². The number of carbonyl (C=O) groups is 2. The summed E-state index contributed by atoms with van der Waals surface area (Å²) < 4.78 is 6.86. The van der Waals surface area contributed by atoms with Gasteiger partial charge in [0.1, 0.15) is 6.61 Å². The number of tetrazole rings is 1. The van der Waals surface area contributed by atoms with Gasteiger partial charge < -0.3 is 15.0 Å². The summed E-state index contributed by atoms with van der Waals surface area (Å²) in [6.45, 7) is 3.82. The van der Waals surface area contributed by atoms with Gasteiger partial charge in [-0.05, 0) is 60.6 Å². The van der Waals surface area contributed by atoms with Crippen LogP contribution >= 0.6 is 0 Å². The third-order valence-corrected chi connectivity index (χ3v) is 7.56. The van der Waals surface area contributed by atoms with E-state index in [0.29, 0.717) is 11.7 Å². The summed E-state index contributed by atoms with van der Waals surface area (Å²) in [5, 5.41) is 15.5. The third kappa shape index (κ3) is 3.06. The molecule has 1 aromatic heterocycles. The number of nitrogens with zero attached hydrogens (tertiary/aromatic N) is 5. The summed E-state index contributed by atoms with van der Waals surface area (Å²) in [6, 6.07) is 6.99. The van der Waals surface area contributed by atoms with Gasteiger partial charge in [0.15, 0.2) is 5.82 Å². The molecule has 1 spiro atoms. The first-order chi connectivity index (χ1) is 15.5. The Labute approximate surface area is 185 Å². The van der Waals surface area contributed by atoms with Crippen LogP contribution in [0.5, 0.6) is 0 Å². The number of hydrogen-bond donors (Lipinski definition) is 1. The monoisotopic (exact) mass is 434 g/mol. The largest absolute Gasteiger partial charge is 0.456 e. The molecule has 1 N–H and O–H groups in total. The summed E-state index contributed by atoms with van der Waals surface area (Å²) >= 11 is 0. The van der Waals surface area contributed by atoms with E-state index in [-0.39, 0.29) is 29.9 Å². The SMILES string of the molecule is CC1CC2(CCC(NCc3ccc4c(c3)Cn3nnnc3-4)CC2)C(=O)N1C1=CC(=O)OC1. The smallest absolute Gasteiger partial charge is 0.333 e. The molecule has 0 radical (unpaired) electrons. The maximum Gasteiger partial charge on any atom is 0.333 e. The van der Waals surface area contributed by atoms with Gasteiger partial charge in [0.2, 0.25) is 5.91 Å². The predicted molar refractivity (Wildman–Crippen MR) is 114 cm³/mol. The lowest BCUT2D eigenvalue weighted by atomic mass is 9.70. The van der Waals surface area contributed by atoms with Crippen LogP contribution in [-0.2, 0) is 27.4 Å². The molecule has 4 heterocycles. The van der Waals surface area contributed by atoms with Gasteiger partial charge in [0.25, 0.3) is 0 Å². The van der Waals surface area contributed by atoms with Crippen molar-refractivity contribution in [2.24, 2.45) is 5.41 Å². The second-order valence-electron chi connectivity index (χ2n) is 9.56. The van der Waals surface area contributed by atoms with E-state index >= 15 is 0 Å². The highest BCUT2D eigenvalue weighted by molar-refractivity contribution is 5.91. The normalized spacial score (nSPS) is 28.8. The number of aromatic nitrogens is 4. The van der Waals surface area contributed by atoms with Crippen LogP contribution in [0.4, 0.5) is 0 Å². The fraction of sp³-hybridized carbons (Fsp3) is 0.522. The van der Waals surface area contributed by atoms with Crippen LogP contribution in [0, 0.1) is 5.41 Å². The average Bonchev–Trinajstić information content (AvgIpc) is 3.52. The first-order valence-electron chi connectivity index (χ1n) is 11.4. The van der Waals surface area contributed by atoms with E-state index in [1.165, 1.54) is 17.2 Å². The molecule has 6 rings (SSSR count). The Bertz CT molecular complexity index is 1130. The second kappa shape index (κ2) is 7.23. The molecule has 2 fully saturated rings. The molecule has 32 heavy (non-hydrogen) atoms. The Hall–Kier alpha value is -3.07. The number of cyclic esters (lactones) is 1. The summed E-state index contributed by atoms with van der Waals surface area (Å²) in [5.74, 6) is 0.663. The van der Waals surface area contributed by atoms with Crippen molar-refractivity contribution in [3.8, 4) is 11.4 Å². The Kier molecular flexibility index (Phi) is 4.43. The zero-order valence-corrected chi connectivity index (χ0v) is 18.1. The van der Waals surface area contributed by atoms with Crippen LogP contribution in [0.25, 0.3) is 11.4 Å². The van der Waals surface area contributed by atoms with Gasteiger partial charge in [-0.25, -0.2) is 9.48 Å². The molecule has 166 valence electrons. The molecule has 1 aromatic carbocycles. The molecule has 4 aliphatic rings. The molecule has 9 nitrogen and oxygen atoms in total. The van der Waals surface area contributed by atoms with Crippen molar-refractivity contribution in [2.45, 2.75) is 64.2 Å². The molecule has 1 saturated heterocycles. The molecule has 3 aliphatic heterocycles. The zero-order valence-electron chi connectivity index (χ0n) is 18.1. The van der Waals surface area contributed by atoms with Gasteiger partial charge in [-0.15, -0.1) is 5.10 Å². The van der Waals surface area contributed by atoms with E-state index in [4.69, 9.17) is 4.74 Å². The van der Waals surface area contributed by atoms with Crippen molar-refractivity contribution in [1.82, 2.24) is 30.4 Å². The molecule has 1 unspecified atom stereocenters. The highest BCUT2D eigenvalue weighted by Gasteiger charge is 2.52. The van der Waals surface area contributed by atoms with E-state index in [9.17, 15) is 9.59 Å². The predicted octanol–water partition coefficient (Wildman–Crippen LogP) is 1.78. The standard InChI is InChI=1S/C23H26N6O3/c1-14-10-23(22(31)29(14)18-9-20(30)32-13-18)6-4-17(5-7-23)24-11-15-2-3-19-16(8-15)12-28-21(19)25-26-27-28/h2-3,8-9,14,17,24H,4-7,10-13H2,1H3. The molecule has 2 aromatic rings. The van der Waals surface area contributed by atoms with Crippen molar-refractivity contribution in [3.63, 3.8) is 0 Å². The molecular weight excluding hydrogens is 408 g/mol. The van der Waals surface area contributed by atoms with Crippen molar-refractivity contribution in [3.05, 3.63) is 41.1 Å². The van der Waals surface area contributed by atoms with Gasteiger partial charge in [0, 0.05) is 30.3 Å². The molecule has 1 aliphatic carbocycles. The number of ether oxygens (including phenoxy) is 1. The molecule has 9 heteroatoms. The summed E-state index contributed by atoms with van der Waals surface area (Å²) in [4.78, 5) is 26.6. The lowest BCUT2D eigenvalue weighted by Gasteiger charge is -2.36. The minimum absolute atomic E-state index is 0.110. The van der Waals surface area contributed by atoms with Crippen LogP contribution in [0.1, 0.15) is 50.2 Å². The van der Waals surface area contributed by atoms with Crippen LogP contribution < -0.4 is 5.32 Å². The number of fused-ring (bicyclic) bond motifs is 3. The van der Waals surface area contributed by atoms with Crippen molar-refractivity contribution >= 4 is 11.9 Å². The number of amides is 1. The number of rotatable bonds is 4. The number of carbonyl (C=O) groups excluding carboxylic acids is 2. The van der Waals surface area contributed by atoms with E-state index in [0.717, 1.165) is 56.6 Å². The Balaban J connectivity index is 1.07. The Morgan fingerprint density at radius 1 is 1.25 bits per heavy atom. The third-order valence-electron chi connectivity index (χ3n) is 7.56. The molecule has 0 bridgehead atoms. The number of nitrogens with one attached hydrogen (secondary N) is 1. The minimum atomic E-state index is -0.349. The maximum atomic E-state index is 13.3. The van der Waals surface area contributed by atoms with Gasteiger partial charge in [-0.2, -0.15) is 0 Å². The lowest BCUT2D eigenvalue weighted by molar-refractivity contribution is -0.138. The highest BCUT2D eigenvalue weighted by Crippen LogP contribution is 2.48. The number of likely N-dealkylation sites (tertiary alicyclic amines) is 1. The van der Waals surface area contributed by atoms with Crippen molar-refractivity contribution < 1.29 is 14.3 Å². The number of esters is 1. The first-order valence-corrected chi connectivity index (χ1v) is 11.4. The molecule has 1 amide bonds. The second-order valence-corrected chi connectivity index (χ2v) is 9.56. The Morgan fingerprint density at radius 3 is 2.88 bits per heavy atom. The van der Waals surface area contributed by atoms with Gasteiger partial charge >= 0.3 is 5.97 Å². The highest BCUT2D eigenvalue weighted by atomic mass is 16.5. The molecular formula is C23H26N6O3. The van der Waals surface area contributed by atoms with Crippen LogP contribution in [-0.4, -0.2) is 55.7 Å². The van der Waals surface area contributed by atoms with E-state index in [1.54, 1.807) is 0 Å². The van der Waals surface area contributed by atoms with E-state index in [1.807, 2.05) is 9.58 Å². The van der Waals surface area contributed by atoms with Crippen molar-refractivity contribution in [1.29, 1.82) is 0 Å². The van der Waals surface area contributed by atoms with Crippen molar-refractivity contribution in [2.75, 3.05) is 6.61 Å². The van der Waals surface area contributed by atoms with Gasteiger partial charge in [-0.1, -0.05) is 18.2 Å². The number of hydrogen-bond acceptors (Lipinski definition) is 7. The molecule has 1 saturated carbocycles. The van der Waals surface area contributed by atoms with E-state index in [2.05, 4.69) is 46.0 Å². The van der Waals surface area contributed by atoms with Crippen LogP contribution in [0.15, 0.2) is 30.0 Å². The van der Waals surface area contributed by atoms with Gasteiger partial charge in [0.05, 0.1) is 17.7 Å². The zero-order chi connectivity index (χ0) is 21.9. The van der Waals surface area contributed by atoms with Gasteiger partial charge in [-0.3, -0.25) is 4.79 Å².